The highest BCUT2D eigenvalue weighted by atomic mass is 16.6. The van der Waals surface area contributed by atoms with Gasteiger partial charge in [-0.25, -0.2) is 0 Å². The van der Waals surface area contributed by atoms with E-state index in [1.165, 1.54) is 6.07 Å². The Kier molecular flexibility index (Phi) is 5.15. The number of nitrogens with zero attached hydrogens (tertiary/aromatic N) is 1. The molecule has 5 heteroatoms. The van der Waals surface area contributed by atoms with Gasteiger partial charge in [-0.3, -0.25) is 14.9 Å². The summed E-state index contributed by atoms with van der Waals surface area (Å²) in [5.74, 6) is -0.0777. The van der Waals surface area contributed by atoms with Crippen LogP contribution in [-0.4, -0.2) is 15.7 Å². The highest BCUT2D eigenvalue weighted by molar-refractivity contribution is 6.04. The van der Waals surface area contributed by atoms with Crippen molar-refractivity contribution in [2.45, 2.75) is 25.2 Å². The number of nitrogens with one attached hydrogen (secondary N) is 1. The molecule has 0 saturated heterocycles. The standard InChI is InChI=1S/C27H22N2O3/c30-25-16-8-13-20(22(25)17-19-11-4-7-15-24(19)29(31)32)26-21-12-5-6-14-23(21)28-27(26)18-9-2-1-3-10-18/h1-7,9-12,14-15,17,20,28H,8,13,16H2/b22-17-. The van der Waals surface area contributed by atoms with Crippen LogP contribution in [0.15, 0.2) is 84.4 Å². The van der Waals surface area contributed by atoms with Gasteiger partial charge in [0.1, 0.15) is 0 Å². The smallest absolute Gasteiger partial charge is 0.276 e. The largest absolute Gasteiger partial charge is 0.354 e. The minimum absolute atomic E-state index is 0.0133. The summed E-state index contributed by atoms with van der Waals surface area (Å²) >= 11 is 0. The third-order valence-electron chi connectivity index (χ3n) is 6.20. The summed E-state index contributed by atoms with van der Waals surface area (Å²) in [6, 6.07) is 24.8. The molecule has 1 atom stereocenters. The lowest BCUT2D eigenvalue weighted by Gasteiger charge is -2.26. The number of hydrogen-bond donors (Lipinski definition) is 1. The Hall–Kier alpha value is -3.99. The van der Waals surface area contributed by atoms with Crippen LogP contribution in [0.5, 0.6) is 0 Å². The molecule has 3 aromatic carbocycles. The minimum Gasteiger partial charge on any atom is -0.354 e. The molecule has 1 unspecified atom stereocenters. The van der Waals surface area contributed by atoms with Crippen LogP contribution in [0.3, 0.4) is 0 Å². The van der Waals surface area contributed by atoms with Crippen molar-refractivity contribution < 1.29 is 9.72 Å². The average Bonchev–Trinajstić information content (AvgIpc) is 3.21. The first kappa shape index (κ1) is 19.9. The fourth-order valence-corrected chi connectivity index (χ4v) is 4.74. The van der Waals surface area contributed by atoms with E-state index in [1.807, 2.05) is 36.4 Å². The van der Waals surface area contributed by atoms with Gasteiger partial charge in [-0.2, -0.15) is 0 Å². The molecular formula is C27H22N2O3. The van der Waals surface area contributed by atoms with Gasteiger partial charge < -0.3 is 4.98 Å². The normalized spacial score (nSPS) is 17.7. The first-order valence-electron chi connectivity index (χ1n) is 10.8. The number of nitro groups is 1. The van der Waals surface area contributed by atoms with Crippen molar-refractivity contribution >= 4 is 28.4 Å². The molecule has 1 N–H and O–H groups in total. The van der Waals surface area contributed by atoms with Gasteiger partial charge in [0.05, 0.1) is 16.2 Å². The molecule has 1 saturated carbocycles. The van der Waals surface area contributed by atoms with E-state index in [4.69, 9.17) is 0 Å². The topological polar surface area (TPSA) is 76.0 Å². The number of ketones is 1. The van der Waals surface area contributed by atoms with Gasteiger partial charge in [0.2, 0.25) is 0 Å². The van der Waals surface area contributed by atoms with Crippen molar-refractivity contribution in [2.75, 3.05) is 0 Å². The Bertz CT molecular complexity index is 1350. The molecule has 158 valence electrons. The molecule has 5 nitrogen and oxygen atoms in total. The number of allylic oxidation sites excluding steroid dienone is 1. The molecular weight excluding hydrogens is 400 g/mol. The minimum atomic E-state index is -0.393. The summed E-state index contributed by atoms with van der Waals surface area (Å²) in [6.07, 6.45) is 3.82. The van der Waals surface area contributed by atoms with Crippen LogP contribution < -0.4 is 0 Å². The number of benzene rings is 3. The second kappa shape index (κ2) is 8.27. The Morgan fingerprint density at radius 2 is 1.66 bits per heavy atom. The summed E-state index contributed by atoms with van der Waals surface area (Å²) < 4.78 is 0. The first-order valence-corrected chi connectivity index (χ1v) is 10.8. The van der Waals surface area contributed by atoms with Crippen LogP contribution in [0.2, 0.25) is 0 Å². The van der Waals surface area contributed by atoms with E-state index in [0.29, 0.717) is 17.6 Å². The zero-order chi connectivity index (χ0) is 22.1. The lowest BCUT2D eigenvalue weighted by atomic mass is 9.76. The van der Waals surface area contributed by atoms with E-state index in [-0.39, 0.29) is 17.4 Å². The number of carbonyl (C=O) groups is 1. The molecule has 1 aromatic heterocycles. The number of aromatic nitrogens is 1. The fraction of sp³-hybridized carbons (Fsp3) is 0.148. The predicted octanol–water partition coefficient (Wildman–Crippen LogP) is 6.66. The molecule has 0 aliphatic heterocycles. The van der Waals surface area contributed by atoms with Crippen LogP contribution in [0.4, 0.5) is 5.69 Å². The average molecular weight is 422 g/mol. The number of nitro benzene ring substituents is 1. The molecule has 0 radical (unpaired) electrons. The van der Waals surface area contributed by atoms with Gasteiger partial charge >= 0.3 is 0 Å². The quantitative estimate of drug-likeness (QED) is 0.227. The van der Waals surface area contributed by atoms with E-state index >= 15 is 0 Å². The van der Waals surface area contributed by atoms with Crippen LogP contribution in [-0.2, 0) is 4.79 Å². The van der Waals surface area contributed by atoms with Gasteiger partial charge in [-0.05, 0) is 42.2 Å². The summed E-state index contributed by atoms with van der Waals surface area (Å²) in [6.45, 7) is 0. The number of rotatable bonds is 4. The maximum absolute atomic E-state index is 13.1. The summed E-state index contributed by atoms with van der Waals surface area (Å²) in [4.78, 5) is 27.8. The summed E-state index contributed by atoms with van der Waals surface area (Å²) in [5, 5.41) is 12.6. The van der Waals surface area contributed by atoms with Gasteiger partial charge in [0.25, 0.3) is 5.69 Å². The number of para-hydroxylation sites is 2. The molecule has 0 spiro atoms. The van der Waals surface area contributed by atoms with Crippen LogP contribution in [0, 0.1) is 10.1 Å². The van der Waals surface area contributed by atoms with Crippen molar-refractivity contribution in [3.8, 4) is 11.3 Å². The SMILES string of the molecule is O=C1CCCC(c2c(-c3ccccc3)[nH]c3ccccc23)/C1=C/c1ccccc1[N+](=O)[O-]. The zero-order valence-corrected chi connectivity index (χ0v) is 17.5. The summed E-state index contributed by atoms with van der Waals surface area (Å²) in [5.41, 5.74) is 5.29. The van der Waals surface area contributed by atoms with E-state index in [2.05, 4.69) is 23.2 Å². The molecule has 32 heavy (non-hydrogen) atoms. The molecule has 1 heterocycles. The molecule has 1 aliphatic rings. The van der Waals surface area contributed by atoms with Crippen molar-refractivity contribution in [3.63, 3.8) is 0 Å². The van der Waals surface area contributed by atoms with E-state index in [9.17, 15) is 14.9 Å². The maximum atomic E-state index is 13.1. The molecule has 0 amide bonds. The highest BCUT2D eigenvalue weighted by Crippen LogP contribution is 2.44. The van der Waals surface area contributed by atoms with Crippen LogP contribution in [0.25, 0.3) is 28.2 Å². The fourth-order valence-electron chi connectivity index (χ4n) is 4.74. The van der Waals surface area contributed by atoms with Crippen molar-refractivity contribution in [1.29, 1.82) is 0 Å². The van der Waals surface area contributed by atoms with Gasteiger partial charge in [-0.15, -0.1) is 0 Å². The van der Waals surface area contributed by atoms with Gasteiger partial charge in [0.15, 0.2) is 5.78 Å². The summed E-state index contributed by atoms with van der Waals surface area (Å²) in [7, 11) is 0. The molecule has 1 fully saturated rings. The Morgan fingerprint density at radius 3 is 2.47 bits per heavy atom. The Balaban J connectivity index is 1.73. The Labute approximate surface area is 185 Å². The van der Waals surface area contributed by atoms with Gasteiger partial charge in [0, 0.05) is 34.9 Å². The lowest BCUT2D eigenvalue weighted by Crippen LogP contribution is -2.18. The number of aromatic amines is 1. The van der Waals surface area contributed by atoms with Crippen molar-refractivity contribution in [2.24, 2.45) is 0 Å². The second-order valence-corrected chi connectivity index (χ2v) is 8.11. The molecule has 1 aliphatic carbocycles. The Morgan fingerprint density at radius 1 is 0.938 bits per heavy atom. The molecule has 4 aromatic rings. The van der Waals surface area contributed by atoms with E-state index in [1.54, 1.807) is 24.3 Å². The van der Waals surface area contributed by atoms with Crippen LogP contribution >= 0.6 is 0 Å². The molecule has 0 bridgehead atoms. The number of H-pyrrole nitrogens is 1. The number of hydrogen-bond acceptors (Lipinski definition) is 3. The monoisotopic (exact) mass is 422 g/mol. The van der Waals surface area contributed by atoms with E-state index < -0.39 is 4.92 Å². The third-order valence-corrected chi connectivity index (χ3v) is 6.20. The van der Waals surface area contributed by atoms with Crippen LogP contribution in [0.1, 0.15) is 36.3 Å². The lowest BCUT2D eigenvalue weighted by molar-refractivity contribution is -0.385. The van der Waals surface area contributed by atoms with Gasteiger partial charge in [-0.1, -0.05) is 60.7 Å². The number of Topliss-reactive ketones (excluding diaryl/α,β-unsaturated/α-hetero) is 1. The molecule has 5 rings (SSSR count). The third kappa shape index (κ3) is 3.52. The van der Waals surface area contributed by atoms with Crippen molar-refractivity contribution in [1.82, 2.24) is 4.98 Å². The second-order valence-electron chi connectivity index (χ2n) is 8.11. The van der Waals surface area contributed by atoms with Crippen molar-refractivity contribution in [3.05, 3.63) is 106 Å². The predicted molar refractivity (Wildman–Crippen MR) is 126 cm³/mol. The maximum Gasteiger partial charge on any atom is 0.276 e. The highest BCUT2D eigenvalue weighted by Gasteiger charge is 2.32. The first-order chi connectivity index (χ1) is 15.6. The van der Waals surface area contributed by atoms with E-state index in [0.717, 1.165) is 40.6 Å². The number of fused-ring (bicyclic) bond motifs is 1. The number of carbonyl (C=O) groups excluding carboxylic acids is 1. The zero-order valence-electron chi connectivity index (χ0n) is 17.5.